The second-order valence-corrected chi connectivity index (χ2v) is 16.0. The number of carbonyl (C=O) groups excluding carboxylic acids is 2. The first-order valence-corrected chi connectivity index (χ1v) is 24.8. The van der Waals surface area contributed by atoms with Crippen molar-refractivity contribution in [2.24, 2.45) is 0 Å². The van der Waals surface area contributed by atoms with E-state index in [1.807, 2.05) is 0 Å². The molecule has 0 saturated heterocycles. The molecule has 0 aliphatic rings. The Morgan fingerprint density at radius 1 is 0.383 bits per heavy atom. The van der Waals surface area contributed by atoms with Gasteiger partial charge < -0.3 is 14.2 Å². The van der Waals surface area contributed by atoms with Crippen LogP contribution in [0.5, 0.6) is 0 Å². The van der Waals surface area contributed by atoms with Gasteiger partial charge in [0.15, 0.2) is 6.10 Å². The Labute approximate surface area is 371 Å². The van der Waals surface area contributed by atoms with E-state index in [1.54, 1.807) is 0 Å². The summed E-state index contributed by atoms with van der Waals surface area (Å²) in [5, 5.41) is 0. The summed E-state index contributed by atoms with van der Waals surface area (Å²) >= 11 is 0. The van der Waals surface area contributed by atoms with Crippen LogP contribution in [0.25, 0.3) is 0 Å². The normalized spacial score (nSPS) is 13.1. The molecule has 0 N–H and O–H groups in total. The molecule has 342 valence electrons. The highest BCUT2D eigenvalue weighted by Crippen LogP contribution is 2.13. The van der Waals surface area contributed by atoms with Crippen molar-refractivity contribution in [2.45, 2.75) is 219 Å². The fraction of sp³-hybridized carbons (Fsp3) is 0.673. The van der Waals surface area contributed by atoms with E-state index < -0.39 is 6.10 Å². The SMILES string of the molecule is CC/C=C\C/C=C\C/C=C\C/C=C\C/C=C\CCCCOCC(COC(=O)CCCCCCC/C=C\C/C=C\C/C=C\CC)OC(=O)CCCCCCCCCCCCC. The quantitative estimate of drug-likeness (QED) is 0.0348. The zero-order chi connectivity index (χ0) is 43.5. The smallest absolute Gasteiger partial charge is 0.306 e. The van der Waals surface area contributed by atoms with E-state index in [4.69, 9.17) is 14.2 Å². The number of ether oxygens (including phenoxy) is 3. The van der Waals surface area contributed by atoms with Crippen molar-refractivity contribution in [1.82, 2.24) is 0 Å². The van der Waals surface area contributed by atoms with Crippen LogP contribution >= 0.6 is 0 Å². The van der Waals surface area contributed by atoms with E-state index in [9.17, 15) is 9.59 Å². The van der Waals surface area contributed by atoms with Crippen LogP contribution in [-0.2, 0) is 23.8 Å². The molecule has 0 spiro atoms. The number of hydrogen-bond donors (Lipinski definition) is 0. The third-order valence-electron chi connectivity index (χ3n) is 10.1. The van der Waals surface area contributed by atoms with Crippen molar-refractivity contribution in [3.8, 4) is 0 Å². The minimum Gasteiger partial charge on any atom is -0.462 e. The summed E-state index contributed by atoms with van der Waals surface area (Å²) in [4.78, 5) is 25.3. The zero-order valence-electron chi connectivity index (χ0n) is 39.2. The molecule has 0 aromatic carbocycles. The van der Waals surface area contributed by atoms with Crippen LogP contribution in [0.4, 0.5) is 0 Å². The average molecular weight is 833 g/mol. The molecule has 0 radical (unpaired) electrons. The minimum atomic E-state index is -0.568. The van der Waals surface area contributed by atoms with Gasteiger partial charge in [0.2, 0.25) is 0 Å². The average Bonchev–Trinajstić information content (AvgIpc) is 3.25. The fourth-order valence-electron chi connectivity index (χ4n) is 6.49. The highest BCUT2D eigenvalue weighted by molar-refractivity contribution is 5.70. The lowest BCUT2D eigenvalue weighted by Gasteiger charge is -2.18. The van der Waals surface area contributed by atoms with Crippen molar-refractivity contribution >= 4 is 11.9 Å². The molecule has 0 amide bonds. The van der Waals surface area contributed by atoms with Crippen LogP contribution in [0.15, 0.2) is 97.2 Å². The number of rotatable bonds is 44. The van der Waals surface area contributed by atoms with Gasteiger partial charge in [-0.3, -0.25) is 9.59 Å². The maximum absolute atomic E-state index is 12.7. The second-order valence-electron chi connectivity index (χ2n) is 16.0. The lowest BCUT2D eigenvalue weighted by atomic mass is 10.1. The standard InChI is InChI=1S/C55H92O5/c1-4-7-10-13-16-19-22-24-26-27-28-30-32-35-38-41-44-47-50-58-51-53(60-55(57)49-46-43-40-37-33-21-18-15-12-9-6-3)52-59-54(56)48-45-42-39-36-34-31-29-25-23-20-17-14-11-8-5-2/h7-8,10-11,16-17,19-20,24-26,28-30,35,38,53H,4-6,9,12-15,18,21-23,27,31-34,36-37,39-52H2,1-3H3/b10-7-,11-8-,19-16-,20-17-,26-24-,29-25-,30-28-,38-35-. The summed E-state index contributed by atoms with van der Waals surface area (Å²) in [6.07, 6.45) is 67.0. The molecule has 60 heavy (non-hydrogen) atoms. The van der Waals surface area contributed by atoms with Gasteiger partial charge in [-0.05, 0) is 96.3 Å². The summed E-state index contributed by atoms with van der Waals surface area (Å²) in [5.41, 5.74) is 0. The van der Waals surface area contributed by atoms with Gasteiger partial charge in [-0.25, -0.2) is 0 Å². The molecule has 0 aliphatic carbocycles. The van der Waals surface area contributed by atoms with E-state index in [2.05, 4.69) is 118 Å². The summed E-state index contributed by atoms with van der Waals surface area (Å²) < 4.78 is 17.3. The molecule has 0 bridgehead atoms. The third-order valence-corrected chi connectivity index (χ3v) is 10.1. The maximum Gasteiger partial charge on any atom is 0.306 e. The predicted molar refractivity (Wildman–Crippen MR) is 260 cm³/mol. The van der Waals surface area contributed by atoms with Crippen molar-refractivity contribution in [2.75, 3.05) is 19.8 Å². The second kappa shape index (κ2) is 50.2. The van der Waals surface area contributed by atoms with Gasteiger partial charge >= 0.3 is 11.9 Å². The highest BCUT2D eigenvalue weighted by Gasteiger charge is 2.17. The lowest BCUT2D eigenvalue weighted by Crippen LogP contribution is -2.30. The lowest BCUT2D eigenvalue weighted by molar-refractivity contribution is -0.163. The Morgan fingerprint density at radius 2 is 0.750 bits per heavy atom. The highest BCUT2D eigenvalue weighted by atomic mass is 16.6. The van der Waals surface area contributed by atoms with Gasteiger partial charge in [0.1, 0.15) is 6.61 Å². The molecular formula is C55H92O5. The van der Waals surface area contributed by atoms with Crippen molar-refractivity contribution in [3.63, 3.8) is 0 Å². The van der Waals surface area contributed by atoms with Gasteiger partial charge in [0, 0.05) is 19.4 Å². The Morgan fingerprint density at radius 3 is 1.20 bits per heavy atom. The molecule has 5 heteroatoms. The molecule has 0 aliphatic heterocycles. The molecule has 0 aromatic heterocycles. The first-order valence-electron chi connectivity index (χ1n) is 24.8. The summed E-state index contributed by atoms with van der Waals surface area (Å²) in [7, 11) is 0. The van der Waals surface area contributed by atoms with E-state index in [0.29, 0.717) is 19.4 Å². The molecule has 5 nitrogen and oxygen atoms in total. The van der Waals surface area contributed by atoms with Gasteiger partial charge in [0.05, 0.1) is 6.61 Å². The number of carbonyl (C=O) groups is 2. The molecule has 0 aromatic rings. The summed E-state index contributed by atoms with van der Waals surface area (Å²) in [6.45, 7) is 7.47. The molecule has 0 heterocycles. The largest absolute Gasteiger partial charge is 0.462 e. The van der Waals surface area contributed by atoms with Crippen LogP contribution in [0.3, 0.4) is 0 Å². The maximum atomic E-state index is 12.7. The van der Waals surface area contributed by atoms with Crippen LogP contribution in [0, 0.1) is 0 Å². The zero-order valence-corrected chi connectivity index (χ0v) is 39.2. The molecule has 0 fully saturated rings. The predicted octanol–water partition coefficient (Wildman–Crippen LogP) is 16.7. The Balaban J connectivity index is 4.37. The fourth-order valence-corrected chi connectivity index (χ4v) is 6.49. The van der Waals surface area contributed by atoms with Crippen LogP contribution in [0.2, 0.25) is 0 Å². The molecular weight excluding hydrogens is 741 g/mol. The topological polar surface area (TPSA) is 61.8 Å². The van der Waals surface area contributed by atoms with Gasteiger partial charge in [-0.1, -0.05) is 201 Å². The Kier molecular flexibility index (Phi) is 47.5. The summed E-state index contributed by atoms with van der Waals surface area (Å²) in [6, 6.07) is 0. The Hall–Kier alpha value is -3.18. The van der Waals surface area contributed by atoms with Crippen molar-refractivity contribution in [1.29, 1.82) is 0 Å². The van der Waals surface area contributed by atoms with Crippen LogP contribution in [0.1, 0.15) is 213 Å². The molecule has 1 unspecified atom stereocenters. The van der Waals surface area contributed by atoms with E-state index in [0.717, 1.165) is 109 Å². The molecule has 0 saturated carbocycles. The van der Waals surface area contributed by atoms with Gasteiger partial charge in [-0.2, -0.15) is 0 Å². The number of hydrogen-bond acceptors (Lipinski definition) is 5. The van der Waals surface area contributed by atoms with E-state index in [1.165, 1.54) is 70.6 Å². The van der Waals surface area contributed by atoms with Gasteiger partial charge in [-0.15, -0.1) is 0 Å². The number of allylic oxidation sites excluding steroid dienone is 16. The van der Waals surface area contributed by atoms with Crippen molar-refractivity contribution < 1.29 is 23.8 Å². The number of unbranched alkanes of at least 4 members (excludes halogenated alkanes) is 17. The molecule has 0 rings (SSSR count). The summed E-state index contributed by atoms with van der Waals surface area (Å²) in [5.74, 6) is -0.445. The molecule has 1 atom stereocenters. The van der Waals surface area contributed by atoms with Crippen molar-refractivity contribution in [3.05, 3.63) is 97.2 Å². The first kappa shape index (κ1) is 56.8. The number of esters is 2. The van der Waals surface area contributed by atoms with Crippen LogP contribution in [-0.4, -0.2) is 37.9 Å². The minimum absolute atomic E-state index is 0.0554. The first-order chi connectivity index (χ1) is 29.6. The Bertz CT molecular complexity index is 1170. The monoisotopic (exact) mass is 833 g/mol. The van der Waals surface area contributed by atoms with E-state index in [-0.39, 0.29) is 25.2 Å². The van der Waals surface area contributed by atoms with Gasteiger partial charge in [0.25, 0.3) is 0 Å². The third kappa shape index (κ3) is 47.5. The van der Waals surface area contributed by atoms with Crippen LogP contribution < -0.4 is 0 Å². The van der Waals surface area contributed by atoms with E-state index >= 15 is 0 Å².